The predicted octanol–water partition coefficient (Wildman–Crippen LogP) is 5.01. The smallest absolute Gasteiger partial charge is 0.248 e. The number of rotatable bonds is 5. The van der Waals surface area contributed by atoms with Crippen LogP contribution in [0.1, 0.15) is 71.6 Å². The van der Waals surface area contributed by atoms with Crippen LogP contribution in [0, 0.1) is 17.8 Å². The molecule has 20 heavy (non-hydrogen) atoms. The maximum atomic E-state index is 13.4. The number of halogens is 2. The minimum atomic E-state index is -2.40. The molecule has 0 spiro atoms. The van der Waals surface area contributed by atoms with E-state index >= 15 is 0 Å². The molecule has 1 atom stereocenters. The van der Waals surface area contributed by atoms with Crippen LogP contribution in [0.3, 0.4) is 0 Å². The summed E-state index contributed by atoms with van der Waals surface area (Å²) >= 11 is 0. The molecule has 1 N–H and O–H groups in total. The van der Waals surface area contributed by atoms with E-state index in [1.54, 1.807) is 0 Å². The first kappa shape index (κ1) is 16.2. The highest BCUT2D eigenvalue weighted by molar-refractivity contribution is 4.90. The quantitative estimate of drug-likeness (QED) is 0.749. The molecule has 2 aliphatic rings. The van der Waals surface area contributed by atoms with Crippen molar-refractivity contribution in [1.29, 1.82) is 0 Å². The average Bonchev–Trinajstić information content (AvgIpc) is 2.42. The summed E-state index contributed by atoms with van der Waals surface area (Å²) in [6.07, 6.45) is 7.96. The highest BCUT2D eigenvalue weighted by atomic mass is 19.3. The van der Waals surface area contributed by atoms with E-state index in [0.29, 0.717) is 24.8 Å². The molecule has 0 heterocycles. The van der Waals surface area contributed by atoms with Gasteiger partial charge in [-0.05, 0) is 56.4 Å². The summed E-state index contributed by atoms with van der Waals surface area (Å²) < 4.78 is 26.7. The Kier molecular flexibility index (Phi) is 5.83. The standard InChI is InChI=1S/C17H31F2N/c1-3-12-20-16(14-6-4-13(2)5-7-14)15-8-10-17(18,19)11-9-15/h13-16,20H,3-12H2,1-2H3. The Morgan fingerprint density at radius 1 is 1.00 bits per heavy atom. The third-order valence-electron chi connectivity index (χ3n) is 5.47. The molecular weight excluding hydrogens is 256 g/mol. The van der Waals surface area contributed by atoms with Crippen LogP contribution in [0.5, 0.6) is 0 Å². The van der Waals surface area contributed by atoms with Crippen LogP contribution >= 0.6 is 0 Å². The molecule has 0 saturated heterocycles. The first-order chi connectivity index (χ1) is 9.52. The lowest BCUT2D eigenvalue weighted by Gasteiger charge is -2.41. The van der Waals surface area contributed by atoms with Gasteiger partial charge in [-0.15, -0.1) is 0 Å². The van der Waals surface area contributed by atoms with Gasteiger partial charge in [-0.25, -0.2) is 8.78 Å². The van der Waals surface area contributed by atoms with Crippen molar-refractivity contribution in [1.82, 2.24) is 5.32 Å². The topological polar surface area (TPSA) is 12.0 Å². The minimum Gasteiger partial charge on any atom is -0.313 e. The molecule has 0 radical (unpaired) electrons. The zero-order chi connectivity index (χ0) is 14.6. The number of nitrogens with one attached hydrogen (secondary N) is 1. The summed E-state index contributed by atoms with van der Waals surface area (Å²) in [4.78, 5) is 0. The highest BCUT2D eigenvalue weighted by Gasteiger charge is 2.39. The SMILES string of the molecule is CCCNC(C1CCC(C)CC1)C1CCC(F)(F)CC1. The monoisotopic (exact) mass is 287 g/mol. The fraction of sp³-hybridized carbons (Fsp3) is 1.00. The second-order valence-electron chi connectivity index (χ2n) is 7.19. The molecule has 0 aromatic heterocycles. The molecule has 2 rings (SSSR count). The second kappa shape index (κ2) is 7.20. The van der Waals surface area contributed by atoms with Gasteiger partial charge >= 0.3 is 0 Å². The lowest BCUT2D eigenvalue weighted by atomic mass is 9.71. The third kappa shape index (κ3) is 4.41. The fourth-order valence-electron chi connectivity index (χ4n) is 4.10. The molecule has 0 bridgehead atoms. The number of hydrogen-bond acceptors (Lipinski definition) is 1. The Balaban J connectivity index is 1.93. The Morgan fingerprint density at radius 3 is 2.10 bits per heavy atom. The molecule has 2 saturated carbocycles. The summed E-state index contributed by atoms with van der Waals surface area (Å²) in [7, 11) is 0. The van der Waals surface area contributed by atoms with Crippen molar-refractivity contribution >= 4 is 0 Å². The molecule has 0 aromatic rings. The molecule has 1 nitrogen and oxygen atoms in total. The Hall–Kier alpha value is -0.180. The van der Waals surface area contributed by atoms with Gasteiger partial charge in [-0.1, -0.05) is 26.7 Å². The van der Waals surface area contributed by atoms with Crippen LogP contribution in [0.25, 0.3) is 0 Å². The molecular formula is C17H31F2N. The van der Waals surface area contributed by atoms with E-state index < -0.39 is 5.92 Å². The van der Waals surface area contributed by atoms with Gasteiger partial charge in [0.2, 0.25) is 5.92 Å². The van der Waals surface area contributed by atoms with E-state index in [1.807, 2.05) is 0 Å². The minimum absolute atomic E-state index is 0.102. The number of hydrogen-bond donors (Lipinski definition) is 1. The predicted molar refractivity (Wildman–Crippen MR) is 80.1 cm³/mol. The molecule has 118 valence electrons. The Morgan fingerprint density at radius 2 is 1.55 bits per heavy atom. The van der Waals surface area contributed by atoms with Crippen LogP contribution in [-0.2, 0) is 0 Å². The van der Waals surface area contributed by atoms with Crippen molar-refractivity contribution in [2.45, 2.75) is 83.6 Å². The van der Waals surface area contributed by atoms with Crippen molar-refractivity contribution < 1.29 is 8.78 Å². The summed E-state index contributed by atoms with van der Waals surface area (Å²) in [5, 5.41) is 3.71. The van der Waals surface area contributed by atoms with E-state index in [1.165, 1.54) is 25.7 Å². The van der Waals surface area contributed by atoms with E-state index in [-0.39, 0.29) is 12.8 Å². The summed E-state index contributed by atoms with van der Waals surface area (Å²) in [5.41, 5.74) is 0. The van der Waals surface area contributed by atoms with E-state index in [0.717, 1.165) is 24.8 Å². The third-order valence-corrected chi connectivity index (χ3v) is 5.47. The van der Waals surface area contributed by atoms with Crippen LogP contribution < -0.4 is 5.32 Å². The molecule has 1 unspecified atom stereocenters. The zero-order valence-electron chi connectivity index (χ0n) is 13.1. The van der Waals surface area contributed by atoms with Gasteiger partial charge in [-0.3, -0.25) is 0 Å². The van der Waals surface area contributed by atoms with E-state index in [9.17, 15) is 8.78 Å². The number of alkyl halides is 2. The summed E-state index contributed by atoms with van der Waals surface area (Å²) in [5.74, 6) is -0.352. The van der Waals surface area contributed by atoms with Gasteiger partial charge in [0, 0.05) is 18.9 Å². The largest absolute Gasteiger partial charge is 0.313 e. The molecule has 2 aliphatic carbocycles. The fourth-order valence-corrected chi connectivity index (χ4v) is 4.10. The van der Waals surface area contributed by atoms with E-state index in [4.69, 9.17) is 0 Å². The van der Waals surface area contributed by atoms with Crippen molar-refractivity contribution in [2.24, 2.45) is 17.8 Å². The highest BCUT2D eigenvalue weighted by Crippen LogP contribution is 2.41. The lowest BCUT2D eigenvalue weighted by Crippen LogP contribution is -2.46. The van der Waals surface area contributed by atoms with Gasteiger partial charge in [0.25, 0.3) is 0 Å². The lowest BCUT2D eigenvalue weighted by molar-refractivity contribution is -0.0530. The maximum absolute atomic E-state index is 13.4. The molecule has 0 amide bonds. The maximum Gasteiger partial charge on any atom is 0.248 e. The van der Waals surface area contributed by atoms with Crippen molar-refractivity contribution in [2.75, 3.05) is 6.54 Å². The Bertz CT molecular complexity index is 275. The second-order valence-corrected chi connectivity index (χ2v) is 7.19. The van der Waals surface area contributed by atoms with Crippen LogP contribution in [-0.4, -0.2) is 18.5 Å². The van der Waals surface area contributed by atoms with Gasteiger partial charge in [-0.2, -0.15) is 0 Å². The van der Waals surface area contributed by atoms with Crippen LogP contribution in [0.4, 0.5) is 8.78 Å². The molecule has 2 fully saturated rings. The van der Waals surface area contributed by atoms with Crippen LogP contribution in [0.15, 0.2) is 0 Å². The van der Waals surface area contributed by atoms with Gasteiger partial charge < -0.3 is 5.32 Å². The molecule has 0 aliphatic heterocycles. The van der Waals surface area contributed by atoms with Crippen molar-refractivity contribution in [3.05, 3.63) is 0 Å². The first-order valence-corrected chi connectivity index (χ1v) is 8.63. The van der Waals surface area contributed by atoms with Crippen LogP contribution in [0.2, 0.25) is 0 Å². The van der Waals surface area contributed by atoms with Crippen molar-refractivity contribution in [3.63, 3.8) is 0 Å². The molecule has 0 aromatic carbocycles. The average molecular weight is 287 g/mol. The normalized spacial score (nSPS) is 33.0. The van der Waals surface area contributed by atoms with Crippen molar-refractivity contribution in [3.8, 4) is 0 Å². The van der Waals surface area contributed by atoms with E-state index in [2.05, 4.69) is 19.2 Å². The summed E-state index contributed by atoms with van der Waals surface area (Å²) in [6, 6.07) is 0.485. The summed E-state index contributed by atoms with van der Waals surface area (Å²) in [6.45, 7) is 5.55. The van der Waals surface area contributed by atoms with Gasteiger partial charge in [0.05, 0.1) is 0 Å². The zero-order valence-corrected chi connectivity index (χ0v) is 13.1. The molecule has 3 heteroatoms. The Labute approximate surface area is 122 Å². The van der Waals surface area contributed by atoms with Gasteiger partial charge in [0.1, 0.15) is 0 Å². The van der Waals surface area contributed by atoms with Gasteiger partial charge in [0.15, 0.2) is 0 Å². The first-order valence-electron chi connectivity index (χ1n) is 8.63.